The topological polar surface area (TPSA) is 102 Å². The van der Waals surface area contributed by atoms with E-state index < -0.39 is 6.09 Å². The lowest BCUT2D eigenvalue weighted by atomic mass is 10.2. The zero-order valence-electron chi connectivity index (χ0n) is 21.3. The lowest BCUT2D eigenvalue weighted by Gasteiger charge is -2.29. The maximum atomic E-state index is 11.9. The summed E-state index contributed by atoms with van der Waals surface area (Å²) in [5.41, 5.74) is 4.64. The first kappa shape index (κ1) is 26.6. The second kappa shape index (κ2) is 13.2. The lowest BCUT2D eigenvalue weighted by Crippen LogP contribution is -2.36. The lowest BCUT2D eigenvalue weighted by molar-refractivity contribution is 0.122. The van der Waals surface area contributed by atoms with Crippen molar-refractivity contribution in [2.75, 3.05) is 48.4 Å². The van der Waals surface area contributed by atoms with Crippen LogP contribution in [-0.2, 0) is 28.2 Å². The van der Waals surface area contributed by atoms with E-state index in [9.17, 15) is 4.79 Å². The second-order valence-corrected chi connectivity index (χ2v) is 9.42. The smallest absolute Gasteiger partial charge is 0.411 e. The number of carbonyl (C=O) groups excluding carboxylic acids is 1. The van der Waals surface area contributed by atoms with Crippen LogP contribution < -0.4 is 15.5 Å². The molecule has 1 saturated heterocycles. The molecular weight excluding hydrogens is 490 g/mol. The summed E-state index contributed by atoms with van der Waals surface area (Å²) in [7, 11) is 0. The van der Waals surface area contributed by atoms with Crippen LogP contribution in [0.1, 0.15) is 29.6 Å². The van der Waals surface area contributed by atoms with E-state index in [1.807, 2.05) is 31.2 Å². The maximum absolute atomic E-state index is 11.9. The zero-order valence-corrected chi connectivity index (χ0v) is 22.1. The van der Waals surface area contributed by atoms with Gasteiger partial charge in [-0.05, 0) is 30.7 Å². The average Bonchev–Trinajstić information content (AvgIpc) is 3.29. The van der Waals surface area contributed by atoms with E-state index >= 15 is 0 Å². The number of anilines is 3. The summed E-state index contributed by atoms with van der Waals surface area (Å²) in [5, 5.41) is 6.84. The van der Waals surface area contributed by atoms with E-state index in [2.05, 4.69) is 46.2 Å². The van der Waals surface area contributed by atoms with Crippen LogP contribution >= 0.6 is 11.8 Å². The first-order valence-electron chi connectivity index (χ1n) is 12.3. The molecule has 1 fully saturated rings. The molecule has 0 unspecified atom stereocenters. The van der Waals surface area contributed by atoms with Crippen LogP contribution in [0.4, 0.5) is 22.0 Å². The molecule has 0 saturated carbocycles. The summed E-state index contributed by atoms with van der Waals surface area (Å²) in [6.07, 6.45) is 1.84. The van der Waals surface area contributed by atoms with E-state index in [1.54, 1.807) is 11.8 Å². The highest BCUT2D eigenvalue weighted by molar-refractivity contribution is 7.98. The number of nitrogens with zero attached hydrogens (tertiary/aromatic N) is 3. The number of carbonyl (C=O) groups is 1. The number of amides is 1. The number of benzene rings is 1. The number of morpholine rings is 1. The summed E-state index contributed by atoms with van der Waals surface area (Å²) in [5.74, 6) is 2.34. The summed E-state index contributed by atoms with van der Waals surface area (Å²) >= 11 is 1.55. The van der Waals surface area contributed by atoms with Gasteiger partial charge in [-0.15, -0.1) is 0 Å². The van der Waals surface area contributed by atoms with Gasteiger partial charge in [0, 0.05) is 49.2 Å². The Morgan fingerprint density at radius 1 is 1.24 bits per heavy atom. The number of aromatic nitrogens is 2. The summed E-state index contributed by atoms with van der Waals surface area (Å²) in [6, 6.07) is 11.8. The number of hydrogen-bond acceptors (Lipinski definition) is 9. The fraction of sp³-hybridized carbons (Fsp3) is 0.370. The van der Waals surface area contributed by atoms with Gasteiger partial charge in [-0.25, -0.2) is 14.8 Å². The molecule has 10 heteroatoms. The number of rotatable bonds is 11. The molecule has 1 aromatic carbocycles. The van der Waals surface area contributed by atoms with Gasteiger partial charge in [0.2, 0.25) is 0 Å². The van der Waals surface area contributed by atoms with Crippen molar-refractivity contribution in [3.63, 3.8) is 0 Å². The highest BCUT2D eigenvalue weighted by Crippen LogP contribution is 2.28. The Balaban J connectivity index is 1.46. The Hall–Kier alpha value is -3.50. The normalized spacial score (nSPS) is 13.3. The molecule has 3 heterocycles. The van der Waals surface area contributed by atoms with Gasteiger partial charge in [0.1, 0.15) is 18.2 Å². The Morgan fingerprint density at radius 3 is 2.84 bits per heavy atom. The SMILES string of the molecule is C=CCOC(=O)Nc1cccc(CNc2cc(N3CCOCC3)cc(CSc3nc(C)c(CC)o3)n2)c1. The minimum Gasteiger partial charge on any atom is -0.445 e. The van der Waals surface area contributed by atoms with Crippen molar-refractivity contribution in [1.29, 1.82) is 0 Å². The molecule has 0 atom stereocenters. The second-order valence-electron chi connectivity index (χ2n) is 8.50. The third kappa shape index (κ3) is 7.74. The van der Waals surface area contributed by atoms with Crippen molar-refractivity contribution >= 4 is 35.0 Å². The van der Waals surface area contributed by atoms with Crippen LogP contribution in [0.15, 0.2) is 58.7 Å². The number of thioether (sulfide) groups is 1. The van der Waals surface area contributed by atoms with Gasteiger partial charge in [-0.1, -0.05) is 43.5 Å². The fourth-order valence-corrected chi connectivity index (χ4v) is 4.69. The molecule has 2 aromatic heterocycles. The molecule has 0 radical (unpaired) electrons. The van der Waals surface area contributed by atoms with Crippen molar-refractivity contribution in [1.82, 2.24) is 9.97 Å². The number of aryl methyl sites for hydroxylation is 2. The van der Waals surface area contributed by atoms with Gasteiger partial charge < -0.3 is 24.1 Å². The third-order valence-corrected chi connectivity index (χ3v) is 6.62. The van der Waals surface area contributed by atoms with Gasteiger partial charge in [-0.2, -0.15) is 0 Å². The average molecular weight is 524 g/mol. The maximum Gasteiger partial charge on any atom is 0.411 e. The highest BCUT2D eigenvalue weighted by Gasteiger charge is 2.15. The van der Waals surface area contributed by atoms with Crippen LogP contribution in [0, 0.1) is 6.92 Å². The van der Waals surface area contributed by atoms with Crippen molar-refractivity contribution in [2.45, 2.75) is 37.8 Å². The Labute approximate surface area is 221 Å². The largest absolute Gasteiger partial charge is 0.445 e. The number of ether oxygens (including phenoxy) is 2. The molecule has 0 bridgehead atoms. The van der Waals surface area contributed by atoms with E-state index in [0.29, 0.717) is 36.4 Å². The number of oxazole rings is 1. The molecule has 3 aromatic rings. The summed E-state index contributed by atoms with van der Waals surface area (Å²) < 4.78 is 16.4. The van der Waals surface area contributed by atoms with Gasteiger partial charge in [0.15, 0.2) is 0 Å². The zero-order chi connectivity index (χ0) is 26.0. The minimum absolute atomic E-state index is 0.161. The number of hydrogen-bond donors (Lipinski definition) is 2. The third-order valence-electron chi connectivity index (χ3n) is 5.76. The first-order valence-corrected chi connectivity index (χ1v) is 13.3. The molecule has 1 aliphatic rings. The molecule has 2 N–H and O–H groups in total. The van der Waals surface area contributed by atoms with Gasteiger partial charge >= 0.3 is 6.09 Å². The monoisotopic (exact) mass is 523 g/mol. The van der Waals surface area contributed by atoms with Crippen molar-refractivity contribution in [2.24, 2.45) is 0 Å². The predicted molar refractivity (Wildman–Crippen MR) is 146 cm³/mol. The first-order chi connectivity index (χ1) is 18.0. The highest BCUT2D eigenvalue weighted by atomic mass is 32.2. The number of nitrogens with one attached hydrogen (secondary N) is 2. The van der Waals surface area contributed by atoms with E-state index in [0.717, 1.165) is 53.7 Å². The van der Waals surface area contributed by atoms with Crippen molar-refractivity contribution in [3.05, 3.63) is 71.8 Å². The molecule has 4 rings (SSSR count). The van der Waals surface area contributed by atoms with Crippen LogP contribution in [-0.4, -0.2) is 49.0 Å². The quantitative estimate of drug-likeness (QED) is 0.252. The molecular formula is C27H33N5O4S. The van der Waals surface area contributed by atoms with E-state index in [-0.39, 0.29) is 6.61 Å². The standard InChI is InChI=1S/C27H33N5O4S/c1-4-11-35-26(33)31-21-8-6-7-20(14-21)17-28-25-16-23(32-9-12-34-13-10-32)15-22(30-25)18-37-27-29-19(3)24(5-2)36-27/h4,6-8,14-16H,1,5,9-13,17-18H2,2-3H3,(H,28,30)(H,31,33). The Bertz CT molecular complexity index is 1210. The van der Waals surface area contributed by atoms with Gasteiger partial charge in [-0.3, -0.25) is 5.32 Å². The van der Waals surface area contributed by atoms with Gasteiger partial charge in [0.25, 0.3) is 5.22 Å². The Kier molecular flexibility index (Phi) is 9.45. The van der Waals surface area contributed by atoms with E-state index in [1.165, 1.54) is 6.08 Å². The van der Waals surface area contributed by atoms with Crippen LogP contribution in [0.25, 0.3) is 0 Å². The van der Waals surface area contributed by atoms with Crippen LogP contribution in [0.2, 0.25) is 0 Å². The molecule has 196 valence electrons. The minimum atomic E-state index is -0.515. The molecule has 9 nitrogen and oxygen atoms in total. The fourth-order valence-electron chi connectivity index (χ4n) is 3.91. The van der Waals surface area contributed by atoms with Crippen LogP contribution in [0.5, 0.6) is 0 Å². The van der Waals surface area contributed by atoms with Crippen molar-refractivity contribution in [3.8, 4) is 0 Å². The van der Waals surface area contributed by atoms with Crippen LogP contribution in [0.3, 0.4) is 0 Å². The molecule has 37 heavy (non-hydrogen) atoms. The molecule has 1 aliphatic heterocycles. The summed E-state index contributed by atoms with van der Waals surface area (Å²) in [6.45, 7) is 11.4. The van der Waals surface area contributed by atoms with Gasteiger partial charge in [0.05, 0.1) is 24.6 Å². The Morgan fingerprint density at radius 2 is 2.08 bits per heavy atom. The van der Waals surface area contributed by atoms with Crippen molar-refractivity contribution < 1.29 is 18.7 Å². The number of pyridine rings is 1. The summed E-state index contributed by atoms with van der Waals surface area (Å²) in [4.78, 5) is 23.6. The molecule has 0 spiro atoms. The molecule has 0 aliphatic carbocycles. The molecule has 1 amide bonds. The predicted octanol–water partition coefficient (Wildman–Crippen LogP) is 5.42. The van der Waals surface area contributed by atoms with E-state index in [4.69, 9.17) is 18.9 Å².